The molecule has 0 bridgehead atoms. The summed E-state index contributed by atoms with van der Waals surface area (Å²) in [7, 11) is 0. The molecule has 0 aliphatic rings. The molecule has 3 aromatic rings. The standard InChI is InChI=1S/C11H7N3S2/c15-11-14-13-10(16-11)8-5-1-3-7-4-2-6-12-9(7)8/h1-6H,(H,14,15). The van der Waals surface area contributed by atoms with Gasteiger partial charge in [-0.05, 0) is 24.4 Å². The van der Waals surface area contributed by atoms with Gasteiger partial charge in [0, 0.05) is 17.1 Å². The quantitative estimate of drug-likeness (QED) is 0.668. The lowest BCUT2D eigenvalue weighted by atomic mass is 10.1. The molecule has 5 heteroatoms. The number of rotatable bonds is 1. The fraction of sp³-hybridized carbons (Fsp3) is 0. The Hall–Kier alpha value is -1.59. The van der Waals surface area contributed by atoms with Crippen LogP contribution in [0.25, 0.3) is 21.5 Å². The first-order valence-corrected chi connectivity index (χ1v) is 5.97. The SMILES string of the molecule is S=c1[nH]nc(-c2cccc3cccnc23)s1. The first kappa shape index (κ1) is 9.62. The Balaban J connectivity index is 2.35. The zero-order chi connectivity index (χ0) is 11.0. The summed E-state index contributed by atoms with van der Waals surface area (Å²) in [4.78, 5) is 4.39. The first-order valence-electron chi connectivity index (χ1n) is 4.74. The fourth-order valence-electron chi connectivity index (χ4n) is 1.62. The molecule has 0 saturated heterocycles. The van der Waals surface area contributed by atoms with E-state index >= 15 is 0 Å². The van der Waals surface area contributed by atoms with Crippen molar-refractivity contribution in [1.82, 2.24) is 15.2 Å². The number of hydrogen-bond donors (Lipinski definition) is 1. The van der Waals surface area contributed by atoms with Crippen LogP contribution in [0.5, 0.6) is 0 Å². The Morgan fingerprint density at radius 3 is 2.88 bits per heavy atom. The van der Waals surface area contributed by atoms with Gasteiger partial charge in [0.25, 0.3) is 0 Å². The second-order valence-electron chi connectivity index (χ2n) is 3.30. The second kappa shape index (κ2) is 3.77. The molecule has 0 fully saturated rings. The van der Waals surface area contributed by atoms with Crippen molar-refractivity contribution in [3.05, 3.63) is 40.5 Å². The monoisotopic (exact) mass is 245 g/mol. The van der Waals surface area contributed by atoms with E-state index in [9.17, 15) is 0 Å². The molecule has 0 radical (unpaired) electrons. The van der Waals surface area contributed by atoms with Crippen LogP contribution in [0.15, 0.2) is 36.5 Å². The fourth-order valence-corrected chi connectivity index (χ4v) is 2.54. The summed E-state index contributed by atoms with van der Waals surface area (Å²) < 4.78 is 0.683. The molecule has 78 valence electrons. The molecule has 2 heterocycles. The van der Waals surface area contributed by atoms with Gasteiger partial charge in [0.1, 0.15) is 5.01 Å². The molecule has 0 spiro atoms. The summed E-state index contributed by atoms with van der Waals surface area (Å²) in [5.41, 5.74) is 1.98. The van der Waals surface area contributed by atoms with Crippen molar-refractivity contribution < 1.29 is 0 Å². The van der Waals surface area contributed by atoms with Crippen LogP contribution in [0.1, 0.15) is 0 Å². The van der Waals surface area contributed by atoms with Crippen molar-refractivity contribution in [3.63, 3.8) is 0 Å². The van der Waals surface area contributed by atoms with Crippen molar-refractivity contribution in [2.75, 3.05) is 0 Å². The molecule has 0 aliphatic heterocycles. The number of benzene rings is 1. The Bertz CT molecular complexity index is 694. The zero-order valence-electron chi connectivity index (χ0n) is 8.18. The molecule has 2 aromatic heterocycles. The Kier molecular flexibility index (Phi) is 2.27. The third kappa shape index (κ3) is 1.54. The van der Waals surface area contributed by atoms with Crippen molar-refractivity contribution >= 4 is 34.5 Å². The molecule has 3 rings (SSSR count). The predicted molar refractivity (Wildman–Crippen MR) is 68.0 cm³/mol. The van der Waals surface area contributed by atoms with Gasteiger partial charge in [-0.1, -0.05) is 29.5 Å². The van der Waals surface area contributed by atoms with E-state index in [1.165, 1.54) is 11.3 Å². The number of nitrogens with zero attached hydrogens (tertiary/aromatic N) is 2. The van der Waals surface area contributed by atoms with Crippen LogP contribution in [0.3, 0.4) is 0 Å². The van der Waals surface area contributed by atoms with Crippen LogP contribution in [0.4, 0.5) is 0 Å². The smallest absolute Gasteiger partial charge is 0.176 e. The second-order valence-corrected chi connectivity index (χ2v) is 4.96. The van der Waals surface area contributed by atoms with Crippen molar-refractivity contribution in [2.45, 2.75) is 0 Å². The maximum absolute atomic E-state index is 5.04. The molecular weight excluding hydrogens is 238 g/mol. The van der Waals surface area contributed by atoms with E-state index in [2.05, 4.69) is 15.2 Å². The summed E-state index contributed by atoms with van der Waals surface area (Å²) in [6, 6.07) is 10.0. The van der Waals surface area contributed by atoms with E-state index in [0.717, 1.165) is 21.5 Å². The number of H-pyrrole nitrogens is 1. The summed E-state index contributed by atoms with van der Waals surface area (Å²) in [6.07, 6.45) is 1.79. The van der Waals surface area contributed by atoms with E-state index < -0.39 is 0 Å². The summed E-state index contributed by atoms with van der Waals surface area (Å²) >= 11 is 6.50. The zero-order valence-corrected chi connectivity index (χ0v) is 9.81. The van der Waals surface area contributed by atoms with Gasteiger partial charge in [-0.25, -0.2) is 0 Å². The average molecular weight is 245 g/mol. The highest BCUT2D eigenvalue weighted by Gasteiger charge is 2.07. The summed E-state index contributed by atoms with van der Waals surface area (Å²) in [5, 5.41) is 8.97. The molecule has 0 unspecified atom stereocenters. The molecule has 0 aliphatic carbocycles. The van der Waals surface area contributed by atoms with Crippen LogP contribution in [-0.4, -0.2) is 15.2 Å². The maximum atomic E-state index is 5.04. The number of fused-ring (bicyclic) bond motifs is 1. The minimum absolute atomic E-state index is 0.683. The van der Waals surface area contributed by atoms with Gasteiger partial charge in [-0.15, -0.1) is 0 Å². The Morgan fingerprint density at radius 2 is 2.06 bits per heavy atom. The van der Waals surface area contributed by atoms with Gasteiger partial charge in [-0.3, -0.25) is 10.1 Å². The molecule has 1 aromatic carbocycles. The number of aromatic nitrogens is 3. The van der Waals surface area contributed by atoms with Crippen LogP contribution in [0.2, 0.25) is 0 Å². The maximum Gasteiger partial charge on any atom is 0.176 e. The third-order valence-electron chi connectivity index (χ3n) is 2.30. The number of nitrogens with one attached hydrogen (secondary N) is 1. The van der Waals surface area contributed by atoms with Gasteiger partial charge >= 0.3 is 0 Å². The predicted octanol–water partition coefficient (Wildman–Crippen LogP) is 3.42. The molecule has 0 saturated carbocycles. The van der Waals surface area contributed by atoms with Crippen molar-refractivity contribution in [3.8, 4) is 10.6 Å². The normalized spacial score (nSPS) is 10.8. The van der Waals surface area contributed by atoms with Crippen molar-refractivity contribution in [2.24, 2.45) is 0 Å². The van der Waals surface area contributed by atoms with Crippen LogP contribution in [0, 0.1) is 3.95 Å². The minimum Gasteiger partial charge on any atom is -0.258 e. The van der Waals surface area contributed by atoms with Gasteiger partial charge in [0.15, 0.2) is 3.95 Å². The number of pyridine rings is 1. The van der Waals surface area contributed by atoms with E-state index in [-0.39, 0.29) is 0 Å². The summed E-state index contributed by atoms with van der Waals surface area (Å²) in [5.74, 6) is 0. The lowest BCUT2D eigenvalue weighted by Crippen LogP contribution is -1.83. The van der Waals surface area contributed by atoms with Gasteiger partial charge in [0.05, 0.1) is 5.52 Å². The molecule has 16 heavy (non-hydrogen) atoms. The largest absolute Gasteiger partial charge is 0.258 e. The van der Waals surface area contributed by atoms with Crippen LogP contribution >= 0.6 is 23.6 Å². The van der Waals surface area contributed by atoms with Gasteiger partial charge in [0.2, 0.25) is 0 Å². The van der Waals surface area contributed by atoms with Gasteiger partial charge in [-0.2, -0.15) is 5.10 Å². The highest BCUT2D eigenvalue weighted by Crippen LogP contribution is 2.27. The molecule has 1 N–H and O–H groups in total. The topological polar surface area (TPSA) is 41.6 Å². The van der Waals surface area contributed by atoms with Crippen LogP contribution < -0.4 is 0 Å². The summed E-state index contributed by atoms with van der Waals surface area (Å²) in [6.45, 7) is 0. The number of aromatic amines is 1. The first-order chi connectivity index (χ1) is 7.84. The van der Waals surface area contributed by atoms with Gasteiger partial charge < -0.3 is 0 Å². The number of para-hydroxylation sites is 1. The minimum atomic E-state index is 0.683. The Morgan fingerprint density at radius 1 is 1.19 bits per heavy atom. The molecule has 0 amide bonds. The highest BCUT2D eigenvalue weighted by atomic mass is 32.1. The van der Waals surface area contributed by atoms with E-state index in [4.69, 9.17) is 12.2 Å². The van der Waals surface area contributed by atoms with Crippen molar-refractivity contribution in [1.29, 1.82) is 0 Å². The van der Waals surface area contributed by atoms with E-state index in [1.54, 1.807) is 6.20 Å². The lowest BCUT2D eigenvalue weighted by Gasteiger charge is -2.00. The molecule has 3 nitrogen and oxygen atoms in total. The lowest BCUT2D eigenvalue weighted by molar-refractivity contribution is 1.08. The van der Waals surface area contributed by atoms with E-state index in [0.29, 0.717) is 3.95 Å². The van der Waals surface area contributed by atoms with E-state index in [1.807, 2.05) is 30.3 Å². The molecular formula is C11H7N3S2. The average Bonchev–Trinajstić information content (AvgIpc) is 2.75. The van der Waals surface area contributed by atoms with Crippen LogP contribution in [-0.2, 0) is 0 Å². The number of hydrogen-bond acceptors (Lipinski definition) is 4. The third-order valence-corrected chi connectivity index (χ3v) is 3.42. The Labute approximate surface area is 101 Å². The highest BCUT2D eigenvalue weighted by molar-refractivity contribution is 7.73. The molecule has 0 atom stereocenters.